The van der Waals surface area contributed by atoms with Gasteiger partial charge in [-0.05, 0) is 18.6 Å². The Kier molecular flexibility index (Phi) is 4.34. The quantitative estimate of drug-likeness (QED) is 0.905. The van der Waals surface area contributed by atoms with Crippen LogP contribution in [0.4, 0.5) is 4.39 Å². The summed E-state index contributed by atoms with van der Waals surface area (Å²) >= 11 is 0. The van der Waals surface area contributed by atoms with Crippen molar-refractivity contribution in [3.63, 3.8) is 0 Å². The molecule has 0 spiro atoms. The molecule has 0 unspecified atom stereocenters. The van der Waals surface area contributed by atoms with E-state index in [0.29, 0.717) is 6.61 Å². The molecule has 6 heteroatoms. The lowest BCUT2D eigenvalue weighted by atomic mass is 9.98. The summed E-state index contributed by atoms with van der Waals surface area (Å²) in [7, 11) is 0. The molecule has 0 aromatic heterocycles. The number of nitrogens with zero attached hydrogens (tertiary/aromatic N) is 1. The van der Waals surface area contributed by atoms with E-state index in [-0.39, 0.29) is 18.7 Å². The molecule has 0 bridgehead atoms. The van der Waals surface area contributed by atoms with E-state index in [1.807, 2.05) is 0 Å². The molecule has 1 aromatic carbocycles. The molecule has 1 N–H and O–H groups in total. The third-order valence-corrected chi connectivity index (χ3v) is 3.44. The van der Waals surface area contributed by atoms with Gasteiger partial charge in [-0.1, -0.05) is 18.2 Å². The zero-order valence-electron chi connectivity index (χ0n) is 11.1. The summed E-state index contributed by atoms with van der Waals surface area (Å²) in [6, 6.07) is 5.01. The van der Waals surface area contributed by atoms with Gasteiger partial charge in [-0.3, -0.25) is 4.79 Å². The summed E-state index contributed by atoms with van der Waals surface area (Å²) in [5, 5.41) is 9.12. The second-order valence-corrected chi connectivity index (χ2v) is 4.70. The average molecular weight is 281 g/mol. The molecule has 0 radical (unpaired) electrons. The van der Waals surface area contributed by atoms with Gasteiger partial charge in [-0.2, -0.15) is 0 Å². The molecule has 108 valence electrons. The van der Waals surface area contributed by atoms with E-state index in [2.05, 4.69) is 0 Å². The van der Waals surface area contributed by atoms with Crippen LogP contribution in [-0.2, 0) is 14.3 Å². The molecule has 1 heterocycles. The zero-order chi connectivity index (χ0) is 14.7. The number of carboxylic acid groups (broad SMARTS) is 1. The molecule has 1 saturated heterocycles. The lowest BCUT2D eigenvalue weighted by molar-refractivity contribution is -0.158. The lowest BCUT2D eigenvalue weighted by Crippen LogP contribution is -2.53. The molecule has 2 rings (SSSR count). The zero-order valence-corrected chi connectivity index (χ0v) is 11.1. The minimum Gasteiger partial charge on any atom is -0.480 e. The Balaban J connectivity index is 2.21. The van der Waals surface area contributed by atoms with Crippen LogP contribution in [0.3, 0.4) is 0 Å². The SMILES string of the molecule is C[C@@H](C(=O)N1CCOC[C@@H]1C(=O)O)c1ccccc1F. The number of aliphatic carboxylic acids is 1. The highest BCUT2D eigenvalue weighted by atomic mass is 19.1. The molecule has 1 aromatic rings. The van der Waals surface area contributed by atoms with Crippen molar-refractivity contribution in [1.29, 1.82) is 0 Å². The highest BCUT2D eigenvalue weighted by Crippen LogP contribution is 2.23. The highest BCUT2D eigenvalue weighted by molar-refractivity contribution is 5.88. The Morgan fingerprint density at radius 1 is 1.45 bits per heavy atom. The highest BCUT2D eigenvalue weighted by Gasteiger charge is 2.35. The Labute approximate surface area is 116 Å². The van der Waals surface area contributed by atoms with E-state index in [4.69, 9.17) is 9.84 Å². The minimum atomic E-state index is -1.11. The van der Waals surface area contributed by atoms with E-state index >= 15 is 0 Å². The van der Waals surface area contributed by atoms with Crippen LogP contribution in [0.15, 0.2) is 24.3 Å². The normalized spacial score (nSPS) is 20.5. The summed E-state index contributed by atoms with van der Waals surface area (Å²) < 4.78 is 18.8. The van der Waals surface area contributed by atoms with Gasteiger partial charge in [0, 0.05) is 6.54 Å². The summed E-state index contributed by atoms with van der Waals surface area (Å²) in [4.78, 5) is 24.8. The van der Waals surface area contributed by atoms with E-state index in [1.165, 1.54) is 17.0 Å². The fourth-order valence-electron chi connectivity index (χ4n) is 2.28. The first-order valence-corrected chi connectivity index (χ1v) is 6.38. The van der Waals surface area contributed by atoms with Crippen molar-refractivity contribution in [3.05, 3.63) is 35.6 Å². The predicted molar refractivity (Wildman–Crippen MR) is 68.8 cm³/mol. The number of morpholine rings is 1. The van der Waals surface area contributed by atoms with Gasteiger partial charge in [0.15, 0.2) is 6.04 Å². The summed E-state index contributed by atoms with van der Waals surface area (Å²) in [6.45, 7) is 2.04. The van der Waals surface area contributed by atoms with Gasteiger partial charge in [0.05, 0.1) is 19.1 Å². The van der Waals surface area contributed by atoms with Crippen molar-refractivity contribution in [3.8, 4) is 0 Å². The second-order valence-electron chi connectivity index (χ2n) is 4.70. The summed E-state index contributed by atoms with van der Waals surface area (Å²) in [5.74, 6) is -2.70. The van der Waals surface area contributed by atoms with Crippen LogP contribution in [0.2, 0.25) is 0 Å². The molecule has 0 saturated carbocycles. The van der Waals surface area contributed by atoms with Crippen molar-refractivity contribution in [2.45, 2.75) is 18.9 Å². The van der Waals surface area contributed by atoms with Crippen LogP contribution in [0.5, 0.6) is 0 Å². The summed E-state index contributed by atoms with van der Waals surface area (Å²) in [5.41, 5.74) is 0.271. The van der Waals surface area contributed by atoms with Gasteiger partial charge < -0.3 is 14.7 Å². The van der Waals surface area contributed by atoms with Crippen molar-refractivity contribution >= 4 is 11.9 Å². The fraction of sp³-hybridized carbons (Fsp3) is 0.429. The van der Waals surface area contributed by atoms with Crippen molar-refractivity contribution < 1.29 is 23.8 Å². The fourth-order valence-corrected chi connectivity index (χ4v) is 2.28. The molecule has 0 aliphatic carbocycles. The number of amides is 1. The number of hydrogen-bond acceptors (Lipinski definition) is 3. The van der Waals surface area contributed by atoms with Gasteiger partial charge in [-0.25, -0.2) is 9.18 Å². The average Bonchev–Trinajstić information content (AvgIpc) is 2.46. The molecular weight excluding hydrogens is 265 g/mol. The van der Waals surface area contributed by atoms with Gasteiger partial charge in [0.2, 0.25) is 5.91 Å². The van der Waals surface area contributed by atoms with Gasteiger partial charge >= 0.3 is 5.97 Å². The molecular formula is C14H16FNO4. The van der Waals surface area contributed by atoms with Gasteiger partial charge in [0.1, 0.15) is 5.82 Å². The molecule has 20 heavy (non-hydrogen) atoms. The number of hydrogen-bond donors (Lipinski definition) is 1. The molecule has 5 nitrogen and oxygen atoms in total. The Hall–Kier alpha value is -1.95. The Morgan fingerprint density at radius 2 is 2.15 bits per heavy atom. The molecule has 1 fully saturated rings. The Morgan fingerprint density at radius 3 is 2.80 bits per heavy atom. The number of rotatable bonds is 3. The number of ether oxygens (including phenoxy) is 1. The number of carboxylic acids is 1. The van der Waals surface area contributed by atoms with Gasteiger partial charge in [-0.15, -0.1) is 0 Å². The van der Waals surface area contributed by atoms with Crippen molar-refractivity contribution in [1.82, 2.24) is 4.90 Å². The standard InChI is InChI=1S/C14H16FNO4/c1-9(10-4-2-3-5-11(10)15)13(17)16-6-7-20-8-12(16)14(18)19/h2-5,9,12H,6-8H2,1H3,(H,18,19)/t9-,12-/m1/s1. The van der Waals surface area contributed by atoms with Crippen molar-refractivity contribution in [2.24, 2.45) is 0 Å². The minimum absolute atomic E-state index is 0.0366. The van der Waals surface area contributed by atoms with E-state index in [1.54, 1.807) is 19.1 Å². The monoisotopic (exact) mass is 281 g/mol. The molecule has 2 atom stereocenters. The van der Waals surface area contributed by atoms with Crippen LogP contribution in [0.25, 0.3) is 0 Å². The van der Waals surface area contributed by atoms with Crippen LogP contribution < -0.4 is 0 Å². The van der Waals surface area contributed by atoms with Gasteiger partial charge in [0.25, 0.3) is 0 Å². The topological polar surface area (TPSA) is 66.8 Å². The van der Waals surface area contributed by atoms with Crippen LogP contribution in [-0.4, -0.2) is 47.7 Å². The molecule has 1 amide bonds. The van der Waals surface area contributed by atoms with E-state index < -0.39 is 29.7 Å². The number of benzene rings is 1. The first-order chi connectivity index (χ1) is 9.52. The third-order valence-electron chi connectivity index (χ3n) is 3.44. The van der Waals surface area contributed by atoms with Crippen LogP contribution in [0, 0.1) is 5.82 Å². The maximum absolute atomic E-state index is 13.7. The van der Waals surface area contributed by atoms with E-state index in [9.17, 15) is 14.0 Å². The smallest absolute Gasteiger partial charge is 0.328 e. The van der Waals surface area contributed by atoms with Crippen LogP contribution in [0.1, 0.15) is 18.4 Å². The Bertz CT molecular complexity index is 520. The molecule has 1 aliphatic rings. The molecule has 1 aliphatic heterocycles. The number of carbonyl (C=O) groups excluding carboxylic acids is 1. The number of carbonyl (C=O) groups is 2. The van der Waals surface area contributed by atoms with Crippen molar-refractivity contribution in [2.75, 3.05) is 19.8 Å². The third kappa shape index (κ3) is 2.80. The lowest BCUT2D eigenvalue weighted by Gasteiger charge is -2.34. The largest absolute Gasteiger partial charge is 0.480 e. The summed E-state index contributed by atoms with van der Waals surface area (Å²) in [6.07, 6.45) is 0. The maximum Gasteiger partial charge on any atom is 0.328 e. The number of halogens is 1. The maximum atomic E-state index is 13.7. The first-order valence-electron chi connectivity index (χ1n) is 6.38. The second kappa shape index (κ2) is 6.00. The van der Waals surface area contributed by atoms with E-state index in [0.717, 1.165) is 0 Å². The first kappa shape index (κ1) is 14.5. The predicted octanol–water partition coefficient (Wildman–Crippen LogP) is 1.24. The van der Waals surface area contributed by atoms with Crippen LogP contribution >= 0.6 is 0 Å².